The van der Waals surface area contributed by atoms with E-state index in [-0.39, 0.29) is 10.6 Å². The molecule has 0 aliphatic carbocycles. The number of para-hydroxylation sites is 1. The number of nitrogens with one attached hydrogen (secondary N) is 1. The molecule has 21 heavy (non-hydrogen) atoms. The van der Waals surface area contributed by atoms with Gasteiger partial charge in [-0.3, -0.25) is 15.0 Å². The molecule has 116 valence electrons. The molecule has 1 fully saturated rings. The van der Waals surface area contributed by atoms with Gasteiger partial charge in [-0.2, -0.15) is 0 Å². The molecule has 1 aliphatic rings. The quantitative estimate of drug-likeness (QED) is 0.665. The van der Waals surface area contributed by atoms with E-state index < -0.39 is 0 Å². The first kappa shape index (κ1) is 15.7. The second-order valence-corrected chi connectivity index (χ2v) is 5.60. The zero-order chi connectivity index (χ0) is 15.4. The number of anilines is 1. The van der Waals surface area contributed by atoms with Crippen LogP contribution in [0.15, 0.2) is 18.2 Å². The maximum atomic E-state index is 11.1. The van der Waals surface area contributed by atoms with Gasteiger partial charge in [-0.25, -0.2) is 0 Å². The average Bonchev–Trinajstić information content (AvgIpc) is 2.48. The molecule has 6 nitrogen and oxygen atoms in total. The van der Waals surface area contributed by atoms with Crippen molar-refractivity contribution in [3.63, 3.8) is 0 Å². The second kappa shape index (κ2) is 6.87. The molecule has 0 bridgehead atoms. The van der Waals surface area contributed by atoms with Gasteiger partial charge in [-0.1, -0.05) is 19.1 Å². The fourth-order valence-corrected chi connectivity index (χ4v) is 2.99. The van der Waals surface area contributed by atoms with E-state index >= 15 is 0 Å². The van der Waals surface area contributed by atoms with Crippen LogP contribution < -0.4 is 5.32 Å². The molecule has 0 radical (unpaired) electrons. The number of piperazine rings is 1. The van der Waals surface area contributed by atoms with Crippen LogP contribution in [0.4, 0.5) is 11.4 Å². The maximum Gasteiger partial charge on any atom is 0.292 e. The van der Waals surface area contributed by atoms with Crippen molar-refractivity contribution in [2.24, 2.45) is 0 Å². The van der Waals surface area contributed by atoms with Crippen LogP contribution in [-0.2, 0) is 6.54 Å². The summed E-state index contributed by atoms with van der Waals surface area (Å²) in [4.78, 5) is 15.6. The lowest BCUT2D eigenvalue weighted by molar-refractivity contribution is -0.384. The van der Waals surface area contributed by atoms with Gasteiger partial charge >= 0.3 is 0 Å². The standard InChI is InChI=1S/C15H24N4O2/c1-4-13-11-18(9-8-17(13)3)10-12-6-5-7-14(19(20)21)15(12)16-2/h5-7,13,16H,4,8-11H2,1-3H3. The van der Waals surface area contributed by atoms with Gasteiger partial charge in [0.15, 0.2) is 0 Å². The number of rotatable bonds is 5. The van der Waals surface area contributed by atoms with Crippen LogP contribution in [0.5, 0.6) is 0 Å². The van der Waals surface area contributed by atoms with Gasteiger partial charge in [-0.15, -0.1) is 0 Å². The molecule has 1 unspecified atom stereocenters. The number of nitro groups is 1. The molecule has 6 heteroatoms. The second-order valence-electron chi connectivity index (χ2n) is 5.60. The molecule has 2 rings (SSSR count). The number of hydrogen-bond donors (Lipinski definition) is 1. The number of likely N-dealkylation sites (N-methyl/N-ethyl adjacent to an activating group) is 1. The minimum Gasteiger partial charge on any atom is -0.382 e. The highest BCUT2D eigenvalue weighted by Gasteiger charge is 2.24. The molecule has 1 saturated heterocycles. The Morgan fingerprint density at radius 1 is 1.43 bits per heavy atom. The predicted molar refractivity (Wildman–Crippen MR) is 84.6 cm³/mol. The summed E-state index contributed by atoms with van der Waals surface area (Å²) < 4.78 is 0. The first-order valence-electron chi connectivity index (χ1n) is 7.43. The predicted octanol–water partition coefficient (Wildman–Crippen LogP) is 2.16. The van der Waals surface area contributed by atoms with E-state index in [0.717, 1.165) is 38.2 Å². The lowest BCUT2D eigenvalue weighted by Gasteiger charge is -2.39. The Balaban J connectivity index is 2.16. The van der Waals surface area contributed by atoms with Gasteiger partial charge in [0.1, 0.15) is 5.69 Å². The Morgan fingerprint density at radius 2 is 2.19 bits per heavy atom. The monoisotopic (exact) mass is 292 g/mol. The Bertz CT molecular complexity index is 506. The molecule has 1 N–H and O–H groups in total. The molecule has 1 aromatic carbocycles. The third kappa shape index (κ3) is 3.51. The van der Waals surface area contributed by atoms with Gasteiger partial charge < -0.3 is 10.2 Å². The number of nitro benzene ring substituents is 1. The first-order chi connectivity index (χ1) is 10.1. The molecule has 0 aromatic heterocycles. The summed E-state index contributed by atoms with van der Waals surface area (Å²) in [6, 6.07) is 5.85. The van der Waals surface area contributed by atoms with E-state index in [4.69, 9.17) is 0 Å². The highest BCUT2D eigenvalue weighted by atomic mass is 16.6. The Labute approximate surface area is 125 Å². The summed E-state index contributed by atoms with van der Waals surface area (Å²) in [6.07, 6.45) is 1.13. The smallest absolute Gasteiger partial charge is 0.292 e. The molecule has 1 atom stereocenters. The Morgan fingerprint density at radius 3 is 2.81 bits per heavy atom. The van der Waals surface area contributed by atoms with Gasteiger partial charge in [0.25, 0.3) is 5.69 Å². The van der Waals surface area contributed by atoms with Crippen LogP contribution in [0.2, 0.25) is 0 Å². The van der Waals surface area contributed by atoms with Gasteiger partial charge in [0, 0.05) is 45.3 Å². The van der Waals surface area contributed by atoms with Crippen LogP contribution in [0.25, 0.3) is 0 Å². The fraction of sp³-hybridized carbons (Fsp3) is 0.600. The minimum absolute atomic E-state index is 0.149. The zero-order valence-corrected chi connectivity index (χ0v) is 13.0. The molecule has 0 amide bonds. The Hall–Kier alpha value is -1.66. The summed E-state index contributed by atoms with van der Waals surface area (Å²) >= 11 is 0. The topological polar surface area (TPSA) is 61.6 Å². The summed E-state index contributed by atoms with van der Waals surface area (Å²) in [5.74, 6) is 0. The van der Waals surface area contributed by atoms with E-state index in [9.17, 15) is 10.1 Å². The third-order valence-electron chi connectivity index (χ3n) is 4.30. The lowest BCUT2D eigenvalue weighted by atomic mass is 10.1. The van der Waals surface area contributed by atoms with Crippen molar-refractivity contribution in [3.8, 4) is 0 Å². The van der Waals surface area contributed by atoms with Crippen molar-refractivity contribution < 1.29 is 4.92 Å². The lowest BCUT2D eigenvalue weighted by Crippen LogP contribution is -2.50. The molecule has 0 saturated carbocycles. The third-order valence-corrected chi connectivity index (χ3v) is 4.30. The molecular formula is C15H24N4O2. The SMILES string of the molecule is CCC1CN(Cc2cccc([N+](=O)[O-])c2NC)CCN1C. The van der Waals surface area contributed by atoms with E-state index in [1.165, 1.54) is 0 Å². The van der Waals surface area contributed by atoms with Gasteiger partial charge in [0.2, 0.25) is 0 Å². The largest absolute Gasteiger partial charge is 0.382 e. The highest BCUT2D eigenvalue weighted by molar-refractivity contribution is 5.66. The summed E-state index contributed by atoms with van der Waals surface area (Å²) in [5, 5.41) is 14.1. The molecular weight excluding hydrogens is 268 g/mol. The van der Waals surface area contributed by atoms with Gasteiger partial charge in [-0.05, 0) is 19.0 Å². The van der Waals surface area contributed by atoms with Crippen molar-refractivity contribution in [3.05, 3.63) is 33.9 Å². The average molecular weight is 292 g/mol. The Kier molecular flexibility index (Phi) is 5.14. The normalized spacial score (nSPS) is 20.4. The van der Waals surface area contributed by atoms with Crippen LogP contribution in [0.1, 0.15) is 18.9 Å². The van der Waals surface area contributed by atoms with Crippen LogP contribution in [-0.4, -0.2) is 54.5 Å². The zero-order valence-electron chi connectivity index (χ0n) is 13.0. The fourth-order valence-electron chi connectivity index (χ4n) is 2.99. The number of benzene rings is 1. The molecule has 1 aromatic rings. The molecule has 1 heterocycles. The molecule has 0 spiro atoms. The summed E-state index contributed by atoms with van der Waals surface area (Å²) in [5.41, 5.74) is 1.77. The maximum absolute atomic E-state index is 11.1. The van der Waals surface area contributed by atoms with Crippen molar-refractivity contribution >= 4 is 11.4 Å². The highest BCUT2D eigenvalue weighted by Crippen LogP contribution is 2.29. The van der Waals surface area contributed by atoms with Crippen molar-refractivity contribution in [2.45, 2.75) is 25.9 Å². The summed E-state index contributed by atoms with van der Waals surface area (Å²) in [7, 11) is 3.91. The van der Waals surface area contributed by atoms with Crippen molar-refractivity contribution in [2.75, 3.05) is 39.0 Å². The van der Waals surface area contributed by atoms with Crippen molar-refractivity contribution in [1.82, 2.24) is 9.80 Å². The molecule has 1 aliphatic heterocycles. The van der Waals surface area contributed by atoms with E-state index in [2.05, 4.69) is 29.1 Å². The number of nitrogens with zero attached hydrogens (tertiary/aromatic N) is 3. The van der Waals surface area contributed by atoms with E-state index in [0.29, 0.717) is 11.7 Å². The van der Waals surface area contributed by atoms with Crippen LogP contribution in [0, 0.1) is 10.1 Å². The minimum atomic E-state index is -0.325. The number of hydrogen-bond acceptors (Lipinski definition) is 5. The van der Waals surface area contributed by atoms with E-state index in [1.807, 2.05) is 6.07 Å². The summed E-state index contributed by atoms with van der Waals surface area (Å²) in [6.45, 7) is 6.01. The first-order valence-corrected chi connectivity index (χ1v) is 7.43. The van der Waals surface area contributed by atoms with Crippen LogP contribution in [0.3, 0.4) is 0 Å². The van der Waals surface area contributed by atoms with E-state index in [1.54, 1.807) is 19.2 Å². The van der Waals surface area contributed by atoms with Gasteiger partial charge in [0.05, 0.1) is 4.92 Å². The van der Waals surface area contributed by atoms with Crippen LogP contribution >= 0.6 is 0 Å². The van der Waals surface area contributed by atoms with Crippen molar-refractivity contribution in [1.29, 1.82) is 0 Å².